The minimum absolute atomic E-state index is 0.0297. The van der Waals surface area contributed by atoms with Gasteiger partial charge in [-0.2, -0.15) is 0 Å². The van der Waals surface area contributed by atoms with Gasteiger partial charge >= 0.3 is 0 Å². The van der Waals surface area contributed by atoms with E-state index < -0.39 is 0 Å². The average Bonchev–Trinajstić information content (AvgIpc) is 3.30. The number of anilines is 2. The third kappa shape index (κ3) is 4.03. The number of benzene rings is 2. The summed E-state index contributed by atoms with van der Waals surface area (Å²) in [5.41, 5.74) is 3.94. The lowest BCUT2D eigenvalue weighted by atomic mass is 9.87. The van der Waals surface area contributed by atoms with Crippen molar-refractivity contribution in [3.63, 3.8) is 0 Å². The Hall–Kier alpha value is -2.89. The first-order valence-electron chi connectivity index (χ1n) is 9.97. The maximum atomic E-state index is 13.4. The quantitative estimate of drug-likeness (QED) is 0.467. The van der Waals surface area contributed by atoms with Crippen LogP contribution < -0.4 is 10.2 Å². The van der Waals surface area contributed by atoms with Gasteiger partial charge in [0.2, 0.25) is 0 Å². The molecule has 0 fully saturated rings. The molecular formula is C25H23ClN2O2S. The van der Waals surface area contributed by atoms with Crippen molar-refractivity contribution in [3.05, 3.63) is 86.7 Å². The van der Waals surface area contributed by atoms with Crippen LogP contribution >= 0.6 is 22.9 Å². The summed E-state index contributed by atoms with van der Waals surface area (Å²) in [5, 5.41) is 5.67. The second kappa shape index (κ2) is 7.98. The topological polar surface area (TPSA) is 49.4 Å². The molecule has 0 saturated heterocycles. The van der Waals surface area contributed by atoms with Crippen LogP contribution in [0.3, 0.4) is 0 Å². The summed E-state index contributed by atoms with van der Waals surface area (Å²) in [4.78, 5) is 28.8. The number of hydrogen-bond acceptors (Lipinski definition) is 4. The van der Waals surface area contributed by atoms with Gasteiger partial charge in [-0.25, -0.2) is 4.90 Å². The van der Waals surface area contributed by atoms with E-state index in [1.165, 1.54) is 21.8 Å². The van der Waals surface area contributed by atoms with Crippen LogP contribution in [0.2, 0.25) is 5.02 Å². The molecule has 0 saturated carbocycles. The van der Waals surface area contributed by atoms with Gasteiger partial charge in [0.15, 0.2) is 0 Å². The molecule has 1 N–H and O–H groups in total. The average molecular weight is 451 g/mol. The smallest absolute Gasteiger partial charge is 0.282 e. The number of halogens is 1. The van der Waals surface area contributed by atoms with Crippen LogP contribution in [0.25, 0.3) is 5.57 Å². The zero-order valence-electron chi connectivity index (χ0n) is 17.8. The summed E-state index contributed by atoms with van der Waals surface area (Å²) in [7, 11) is 0. The van der Waals surface area contributed by atoms with Crippen molar-refractivity contribution in [1.82, 2.24) is 0 Å². The van der Waals surface area contributed by atoms with Gasteiger partial charge in [0.1, 0.15) is 5.70 Å². The predicted molar refractivity (Wildman–Crippen MR) is 129 cm³/mol. The molecule has 4 rings (SSSR count). The highest BCUT2D eigenvalue weighted by molar-refractivity contribution is 7.11. The van der Waals surface area contributed by atoms with Gasteiger partial charge in [0.25, 0.3) is 11.8 Å². The standard InChI is InChI=1S/C25H23ClN2O2S/c1-15-14-17(26)9-12-19(15)28-23(29)21(20-6-5-13-31-20)22(24(28)30)27-18-10-7-16(8-11-18)25(2,3)4/h5-14,27H,1-4H3. The highest BCUT2D eigenvalue weighted by Gasteiger charge is 2.41. The molecule has 0 spiro atoms. The van der Waals surface area contributed by atoms with Gasteiger partial charge in [-0.1, -0.05) is 50.6 Å². The number of carbonyl (C=O) groups excluding carboxylic acids is 2. The van der Waals surface area contributed by atoms with Crippen molar-refractivity contribution in [2.45, 2.75) is 33.1 Å². The molecule has 0 bridgehead atoms. The van der Waals surface area contributed by atoms with Crippen molar-refractivity contribution in [2.75, 3.05) is 10.2 Å². The Morgan fingerprint density at radius 3 is 2.26 bits per heavy atom. The number of aryl methyl sites for hydroxylation is 1. The molecule has 0 aliphatic carbocycles. The molecule has 158 valence electrons. The van der Waals surface area contributed by atoms with Crippen LogP contribution in [0.5, 0.6) is 0 Å². The van der Waals surface area contributed by atoms with Gasteiger partial charge in [0.05, 0.1) is 11.3 Å². The van der Waals surface area contributed by atoms with Crippen LogP contribution in [0.4, 0.5) is 11.4 Å². The highest BCUT2D eigenvalue weighted by atomic mass is 35.5. The van der Waals surface area contributed by atoms with E-state index in [-0.39, 0.29) is 22.9 Å². The fourth-order valence-electron chi connectivity index (χ4n) is 3.58. The van der Waals surface area contributed by atoms with Gasteiger partial charge < -0.3 is 5.32 Å². The van der Waals surface area contributed by atoms with E-state index in [0.717, 1.165) is 16.1 Å². The molecule has 0 radical (unpaired) electrons. The predicted octanol–water partition coefficient (Wildman–Crippen LogP) is 6.40. The number of imide groups is 1. The molecule has 6 heteroatoms. The second-order valence-corrected chi connectivity index (χ2v) is 9.94. The number of rotatable bonds is 4. The summed E-state index contributed by atoms with van der Waals surface area (Å²) in [5.74, 6) is -0.717. The molecule has 3 aromatic rings. The lowest BCUT2D eigenvalue weighted by Gasteiger charge is -2.20. The van der Waals surface area contributed by atoms with Crippen LogP contribution in [0.15, 0.2) is 65.7 Å². The molecule has 1 aliphatic rings. The molecule has 2 heterocycles. The second-order valence-electron chi connectivity index (χ2n) is 8.56. The first-order valence-corrected chi connectivity index (χ1v) is 11.2. The van der Waals surface area contributed by atoms with E-state index in [1.54, 1.807) is 18.2 Å². The van der Waals surface area contributed by atoms with E-state index in [4.69, 9.17) is 11.6 Å². The molecule has 2 amide bonds. The van der Waals surface area contributed by atoms with Gasteiger partial charge in [0, 0.05) is 15.6 Å². The normalized spacial score (nSPS) is 14.5. The van der Waals surface area contributed by atoms with E-state index in [9.17, 15) is 9.59 Å². The Kier molecular flexibility index (Phi) is 5.50. The number of nitrogens with one attached hydrogen (secondary N) is 1. The summed E-state index contributed by atoms with van der Waals surface area (Å²) >= 11 is 7.51. The number of carbonyl (C=O) groups is 2. The molecule has 0 atom stereocenters. The van der Waals surface area contributed by atoms with Crippen LogP contribution in [0.1, 0.15) is 36.8 Å². The Morgan fingerprint density at radius 1 is 0.968 bits per heavy atom. The molecule has 31 heavy (non-hydrogen) atoms. The first kappa shape index (κ1) is 21.3. The maximum absolute atomic E-state index is 13.4. The lowest BCUT2D eigenvalue weighted by Crippen LogP contribution is -2.33. The molecule has 1 aliphatic heterocycles. The van der Waals surface area contributed by atoms with Gasteiger partial charge in [-0.3, -0.25) is 9.59 Å². The van der Waals surface area contributed by atoms with E-state index in [2.05, 4.69) is 26.1 Å². The minimum Gasteiger partial charge on any atom is -0.350 e. The minimum atomic E-state index is -0.376. The summed E-state index contributed by atoms with van der Waals surface area (Å²) in [6, 6.07) is 16.8. The van der Waals surface area contributed by atoms with Crippen molar-refractivity contribution < 1.29 is 9.59 Å². The van der Waals surface area contributed by atoms with Crippen molar-refractivity contribution in [2.24, 2.45) is 0 Å². The maximum Gasteiger partial charge on any atom is 0.282 e. The number of hydrogen-bond donors (Lipinski definition) is 1. The Labute approximate surface area is 191 Å². The molecule has 1 aromatic heterocycles. The van der Waals surface area contributed by atoms with Crippen molar-refractivity contribution in [1.29, 1.82) is 0 Å². The Balaban J connectivity index is 1.76. The number of amides is 2. The number of nitrogens with zero attached hydrogens (tertiary/aromatic N) is 1. The van der Waals surface area contributed by atoms with E-state index >= 15 is 0 Å². The van der Waals surface area contributed by atoms with Gasteiger partial charge in [-0.05, 0) is 65.2 Å². The van der Waals surface area contributed by atoms with E-state index in [1.807, 2.05) is 48.7 Å². The lowest BCUT2D eigenvalue weighted by molar-refractivity contribution is -0.120. The van der Waals surface area contributed by atoms with Crippen LogP contribution in [-0.2, 0) is 15.0 Å². The summed E-state index contributed by atoms with van der Waals surface area (Å²) in [6.07, 6.45) is 0. The third-order valence-electron chi connectivity index (χ3n) is 5.27. The largest absolute Gasteiger partial charge is 0.350 e. The molecule has 4 nitrogen and oxygen atoms in total. The summed E-state index contributed by atoms with van der Waals surface area (Å²) in [6.45, 7) is 8.29. The molecule has 2 aromatic carbocycles. The van der Waals surface area contributed by atoms with Crippen molar-refractivity contribution >= 4 is 51.7 Å². The Bertz CT molecular complexity index is 1190. The zero-order chi connectivity index (χ0) is 22.3. The van der Waals surface area contributed by atoms with Gasteiger partial charge in [-0.15, -0.1) is 11.3 Å². The van der Waals surface area contributed by atoms with Crippen LogP contribution in [0, 0.1) is 6.92 Å². The molecule has 0 unspecified atom stereocenters. The fourth-order valence-corrected chi connectivity index (χ4v) is 4.58. The first-order chi connectivity index (χ1) is 14.7. The van der Waals surface area contributed by atoms with E-state index in [0.29, 0.717) is 16.3 Å². The fraction of sp³-hybridized carbons (Fsp3) is 0.200. The zero-order valence-corrected chi connectivity index (χ0v) is 19.4. The summed E-state index contributed by atoms with van der Waals surface area (Å²) < 4.78 is 0. The monoisotopic (exact) mass is 450 g/mol. The SMILES string of the molecule is Cc1cc(Cl)ccc1N1C(=O)C(Nc2ccc(C(C)(C)C)cc2)=C(c2cccs2)C1=O. The van der Waals surface area contributed by atoms with Crippen molar-refractivity contribution in [3.8, 4) is 0 Å². The third-order valence-corrected chi connectivity index (χ3v) is 6.39. The Morgan fingerprint density at radius 2 is 1.68 bits per heavy atom. The molecular weight excluding hydrogens is 428 g/mol. The highest BCUT2D eigenvalue weighted by Crippen LogP contribution is 2.37. The number of thiophene rings is 1. The van der Waals surface area contributed by atoms with Crippen LogP contribution in [-0.4, -0.2) is 11.8 Å².